The van der Waals surface area contributed by atoms with E-state index in [0.717, 1.165) is 70.6 Å². The van der Waals surface area contributed by atoms with Crippen LogP contribution in [0.3, 0.4) is 0 Å². The lowest BCUT2D eigenvalue weighted by Crippen LogP contribution is -2.62. The Hall–Kier alpha value is -4.01. The minimum Gasteiger partial charge on any atom is -0.462 e. The van der Waals surface area contributed by atoms with Gasteiger partial charge in [0.25, 0.3) is 0 Å². The number of likely N-dealkylation sites (N-methyl/N-ethyl adjacent to an activating group) is 1. The largest absolute Gasteiger partial charge is 0.588 e. The van der Waals surface area contributed by atoms with Crippen LogP contribution in [0.15, 0.2) is 60.7 Å². The van der Waals surface area contributed by atoms with Gasteiger partial charge in [-0.3, -0.25) is 23.8 Å². The van der Waals surface area contributed by atoms with Crippen molar-refractivity contribution in [3.63, 3.8) is 0 Å². The summed E-state index contributed by atoms with van der Waals surface area (Å²) in [4.78, 5) is 57.2. The van der Waals surface area contributed by atoms with Gasteiger partial charge in [-0.15, -0.1) is 0 Å². The van der Waals surface area contributed by atoms with Crippen molar-refractivity contribution in [2.24, 2.45) is 0 Å². The lowest BCUT2D eigenvalue weighted by atomic mass is 9.97. The molecule has 1 heterocycles. The summed E-state index contributed by atoms with van der Waals surface area (Å²) in [6.45, 7) is 5.89. The summed E-state index contributed by atoms with van der Waals surface area (Å²) in [6, 6.07) is 15.4. The zero-order valence-corrected chi connectivity index (χ0v) is 51.0. The quantitative estimate of drug-likeness (QED) is 0.0276. The Morgan fingerprint density at radius 3 is 1.50 bits per heavy atom. The first-order chi connectivity index (χ1) is 38.9. The van der Waals surface area contributed by atoms with E-state index >= 15 is 4.57 Å². The molecule has 0 saturated carbocycles. The minimum absolute atomic E-state index is 0.0609. The van der Waals surface area contributed by atoms with Crippen molar-refractivity contribution in [3.05, 3.63) is 60.7 Å². The van der Waals surface area contributed by atoms with Gasteiger partial charge in [-0.25, -0.2) is 9.36 Å². The fraction of sp³-hybridized carbons (Fsp3) is 0.750. The van der Waals surface area contributed by atoms with Crippen molar-refractivity contribution in [1.29, 1.82) is 0 Å². The van der Waals surface area contributed by atoms with Crippen LogP contribution in [-0.2, 0) is 47.2 Å². The van der Waals surface area contributed by atoms with Gasteiger partial charge in [0.2, 0.25) is 5.91 Å². The van der Waals surface area contributed by atoms with Crippen LogP contribution < -0.4 is 14.4 Å². The number of phosphoric ester groups is 1. The molecule has 1 aliphatic heterocycles. The molecule has 0 bridgehead atoms. The van der Waals surface area contributed by atoms with Gasteiger partial charge in [0.05, 0.1) is 31.7 Å². The van der Waals surface area contributed by atoms with Crippen LogP contribution in [0.2, 0.25) is 0 Å². The molecular formula is C64H107N2O13P. The number of carbonyl (C=O) groups excluding carboxylic acids is 4. The van der Waals surface area contributed by atoms with E-state index in [1.54, 1.807) is 79.7 Å². The normalized spacial score (nSPS) is 17.1. The molecule has 1 amide bonds. The lowest BCUT2D eigenvalue weighted by Gasteiger charge is -2.42. The third-order valence-corrected chi connectivity index (χ3v) is 16.0. The van der Waals surface area contributed by atoms with Crippen LogP contribution in [0.1, 0.15) is 239 Å². The second kappa shape index (κ2) is 44.6. The average molecular weight is 1140 g/mol. The summed E-state index contributed by atoms with van der Waals surface area (Å²) in [5.41, 5.74) is 0. The van der Waals surface area contributed by atoms with Gasteiger partial charge in [-0.2, -0.15) is 0 Å². The first-order valence-electron chi connectivity index (χ1n) is 31.4. The smallest absolute Gasteiger partial charge is 0.462 e. The highest BCUT2D eigenvalue weighted by Crippen LogP contribution is 2.52. The molecule has 1 aliphatic rings. The van der Waals surface area contributed by atoms with Crippen LogP contribution in [0.4, 0.5) is 0 Å². The Balaban J connectivity index is 1.94. The Morgan fingerprint density at radius 1 is 0.600 bits per heavy atom. The zero-order chi connectivity index (χ0) is 57.9. The molecule has 16 heteroatoms. The van der Waals surface area contributed by atoms with Crippen molar-refractivity contribution >= 4 is 31.6 Å². The second-order valence-corrected chi connectivity index (χ2v) is 23.9. The Morgan fingerprint density at radius 2 is 1.04 bits per heavy atom. The van der Waals surface area contributed by atoms with E-state index in [0.29, 0.717) is 19.3 Å². The van der Waals surface area contributed by atoms with E-state index in [1.165, 1.54) is 109 Å². The molecule has 1 fully saturated rings. The third-order valence-electron chi connectivity index (χ3n) is 14.6. The summed E-state index contributed by atoms with van der Waals surface area (Å²) in [7, 11) is -1.37. The molecule has 456 valence electrons. The standard InChI is InChI=1S/C64H107N2O13P/c1-6-9-12-15-18-21-23-26-29-32-41-48-60(69)75-57(47-40-31-28-25-22-19-16-13-10-7-2)64(71)76-62-56(65-59(68)49-53(67)42-35-30-27-24-20-17-14-11-8-3)51-73-58(52-74-61(70)50-66(4)5)63(62)79-80(72,77-54-43-36-33-37-44-54)78-55-45-38-34-39-46-55/h33-34,36-39,43-46,53,56-58,62-63,67H,6-32,35,40-42,47-52H2,1-5H3,(H,65,68)/t53-,56+,57?,58-,62-,63-/m1/s1. The number of hydrogen-bond acceptors (Lipinski definition) is 14. The van der Waals surface area contributed by atoms with Crippen molar-refractivity contribution in [3.8, 4) is 11.5 Å². The summed E-state index contributed by atoms with van der Waals surface area (Å²) < 4.78 is 58.4. The molecule has 0 aromatic heterocycles. The van der Waals surface area contributed by atoms with E-state index in [2.05, 4.69) is 26.1 Å². The Kier molecular flexibility index (Phi) is 39.1. The molecule has 0 aliphatic carbocycles. The van der Waals surface area contributed by atoms with E-state index < -0.39 is 74.8 Å². The van der Waals surface area contributed by atoms with Gasteiger partial charge in [0, 0.05) is 6.42 Å². The average Bonchev–Trinajstić information content (AvgIpc) is 3.44. The van der Waals surface area contributed by atoms with E-state index in [-0.39, 0.29) is 43.9 Å². The summed E-state index contributed by atoms with van der Waals surface area (Å²) in [6.07, 6.45) is 27.0. The van der Waals surface area contributed by atoms with Crippen molar-refractivity contribution in [2.75, 3.05) is 33.9 Å². The molecule has 6 atom stereocenters. The Labute approximate surface area is 483 Å². The predicted molar refractivity (Wildman–Crippen MR) is 318 cm³/mol. The number of benzene rings is 2. The van der Waals surface area contributed by atoms with Gasteiger partial charge in [-0.05, 0) is 64.0 Å². The number of carbonyl (C=O) groups is 4. The SMILES string of the molecule is CCCCCCCCCCCCCC(=O)OC(CCCCCCCCCCCC)C(=O)O[C@H]1[C@H](OP(=O)(Oc2ccccc2)Oc2ccccc2)[C@@H](COC(=O)CN(C)C)OC[C@@H]1NC(=O)C[C@H](O)CCCCCCCCCCC. The number of rotatable bonds is 49. The van der Waals surface area contributed by atoms with E-state index in [4.69, 9.17) is 32.5 Å². The van der Waals surface area contributed by atoms with Crippen molar-refractivity contribution in [1.82, 2.24) is 10.2 Å². The number of aliphatic hydroxyl groups is 1. The van der Waals surface area contributed by atoms with Gasteiger partial charge >= 0.3 is 25.7 Å². The van der Waals surface area contributed by atoms with E-state index in [1.807, 2.05) is 0 Å². The molecule has 0 radical (unpaired) electrons. The maximum Gasteiger partial charge on any atom is 0.588 e. The lowest BCUT2D eigenvalue weighted by molar-refractivity contribution is -0.200. The van der Waals surface area contributed by atoms with Crippen LogP contribution in [0.25, 0.3) is 0 Å². The highest BCUT2D eigenvalue weighted by atomic mass is 31.2. The van der Waals surface area contributed by atoms with Crippen LogP contribution in [0.5, 0.6) is 11.5 Å². The molecule has 2 N–H and O–H groups in total. The highest BCUT2D eigenvalue weighted by Gasteiger charge is 2.51. The van der Waals surface area contributed by atoms with Gasteiger partial charge < -0.3 is 38.4 Å². The van der Waals surface area contributed by atoms with Crippen molar-refractivity contribution < 1.29 is 61.4 Å². The van der Waals surface area contributed by atoms with Crippen LogP contribution in [-0.4, -0.2) is 104 Å². The number of hydrogen-bond donors (Lipinski definition) is 2. The van der Waals surface area contributed by atoms with Crippen molar-refractivity contribution in [2.45, 2.75) is 276 Å². The third kappa shape index (κ3) is 33.2. The molecule has 80 heavy (non-hydrogen) atoms. The first-order valence-corrected chi connectivity index (χ1v) is 32.9. The first kappa shape index (κ1) is 70.3. The Bertz CT molecular complexity index is 1900. The predicted octanol–water partition coefficient (Wildman–Crippen LogP) is 15.1. The monoisotopic (exact) mass is 1140 g/mol. The van der Waals surface area contributed by atoms with Crippen LogP contribution in [0, 0.1) is 0 Å². The van der Waals surface area contributed by atoms with Crippen LogP contribution >= 0.6 is 7.82 Å². The highest BCUT2D eigenvalue weighted by molar-refractivity contribution is 7.49. The topological polar surface area (TPSA) is 185 Å². The number of para-hydroxylation sites is 2. The maximum atomic E-state index is 15.3. The second-order valence-electron chi connectivity index (χ2n) is 22.4. The number of nitrogens with zero attached hydrogens (tertiary/aromatic N) is 1. The number of unbranched alkanes of at least 4 members (excludes halogenated alkanes) is 27. The van der Waals surface area contributed by atoms with Gasteiger partial charge in [0.1, 0.15) is 30.3 Å². The molecular weight excluding hydrogens is 1040 g/mol. The molecule has 2 aromatic carbocycles. The maximum absolute atomic E-state index is 15.3. The molecule has 1 saturated heterocycles. The molecule has 0 spiro atoms. The summed E-state index contributed by atoms with van der Waals surface area (Å²) in [5.74, 6) is -2.25. The van der Waals surface area contributed by atoms with E-state index in [9.17, 15) is 24.3 Å². The number of ether oxygens (including phenoxy) is 4. The zero-order valence-electron chi connectivity index (χ0n) is 50.1. The fourth-order valence-corrected chi connectivity index (χ4v) is 11.4. The summed E-state index contributed by atoms with van der Waals surface area (Å²) in [5, 5.41) is 14.0. The molecule has 1 unspecified atom stereocenters. The number of nitrogens with one attached hydrogen (secondary N) is 1. The van der Waals surface area contributed by atoms with Gasteiger partial charge in [-0.1, -0.05) is 237 Å². The molecule has 15 nitrogen and oxygen atoms in total. The molecule has 2 aromatic rings. The summed E-state index contributed by atoms with van der Waals surface area (Å²) >= 11 is 0. The minimum atomic E-state index is -4.81. The number of amides is 1. The number of esters is 3. The fourth-order valence-electron chi connectivity index (χ4n) is 9.99. The molecule has 3 rings (SSSR count). The number of aliphatic hydroxyl groups excluding tert-OH is 1. The number of phosphoric acid groups is 1. The van der Waals surface area contributed by atoms with Gasteiger partial charge in [0.15, 0.2) is 12.2 Å².